The van der Waals surface area contributed by atoms with E-state index in [0.29, 0.717) is 16.1 Å². The minimum atomic E-state index is -0.330. The molecule has 0 saturated carbocycles. The van der Waals surface area contributed by atoms with Gasteiger partial charge in [0.05, 0.1) is 4.88 Å². The number of nitrogens with zero attached hydrogens (tertiary/aromatic N) is 1. The van der Waals surface area contributed by atoms with Crippen molar-refractivity contribution < 1.29 is 4.42 Å². The fraction of sp³-hybridized carbons (Fsp3) is 0. The Morgan fingerprint density at radius 1 is 1.00 bits per heavy atom. The lowest BCUT2D eigenvalue weighted by Gasteiger charge is -1.99. The second-order valence-electron chi connectivity index (χ2n) is 4.48. The lowest BCUT2D eigenvalue weighted by Crippen LogP contribution is -2.01. The summed E-state index contributed by atoms with van der Waals surface area (Å²) in [5.41, 5.74) is 1.56. The van der Waals surface area contributed by atoms with Crippen molar-refractivity contribution in [3.05, 3.63) is 63.6 Å². The summed E-state index contributed by atoms with van der Waals surface area (Å²) in [5, 5.41) is 4.46. The molecule has 4 rings (SSSR count). The second-order valence-corrected chi connectivity index (χ2v) is 6.29. The van der Waals surface area contributed by atoms with Crippen LogP contribution < -0.4 is 5.63 Å². The van der Waals surface area contributed by atoms with E-state index in [4.69, 9.17) is 4.42 Å². The van der Waals surface area contributed by atoms with Gasteiger partial charge in [0.15, 0.2) is 0 Å². The van der Waals surface area contributed by atoms with Gasteiger partial charge in [-0.15, -0.1) is 22.7 Å². The zero-order valence-corrected chi connectivity index (χ0v) is 12.4. The quantitative estimate of drug-likeness (QED) is 0.541. The maximum atomic E-state index is 12.4. The molecule has 0 aliphatic heterocycles. The highest BCUT2D eigenvalue weighted by atomic mass is 32.1. The van der Waals surface area contributed by atoms with Crippen molar-refractivity contribution in [1.82, 2.24) is 4.98 Å². The van der Waals surface area contributed by atoms with E-state index in [9.17, 15) is 4.79 Å². The van der Waals surface area contributed by atoms with Crippen LogP contribution in [0.2, 0.25) is 0 Å². The molecule has 0 spiro atoms. The van der Waals surface area contributed by atoms with Gasteiger partial charge in [0.2, 0.25) is 5.89 Å². The summed E-state index contributed by atoms with van der Waals surface area (Å²) < 4.78 is 5.41. The highest BCUT2D eigenvalue weighted by Crippen LogP contribution is 2.32. The summed E-state index contributed by atoms with van der Waals surface area (Å²) in [6.45, 7) is 0. The van der Waals surface area contributed by atoms with Crippen LogP contribution in [0.5, 0.6) is 0 Å². The van der Waals surface area contributed by atoms with Gasteiger partial charge >= 0.3 is 5.63 Å². The first kappa shape index (κ1) is 12.5. The Hall–Kier alpha value is -2.24. The molecular weight excluding hydrogens is 302 g/mol. The number of hydrogen-bond acceptors (Lipinski definition) is 5. The summed E-state index contributed by atoms with van der Waals surface area (Å²) in [4.78, 5) is 18.4. The molecule has 0 N–H and O–H groups in total. The molecule has 3 aromatic heterocycles. The van der Waals surface area contributed by atoms with Crippen molar-refractivity contribution in [1.29, 1.82) is 0 Å². The molecule has 3 nitrogen and oxygen atoms in total. The van der Waals surface area contributed by atoms with Crippen LogP contribution in [0, 0.1) is 0 Å². The molecule has 0 fully saturated rings. The topological polar surface area (TPSA) is 43.1 Å². The lowest BCUT2D eigenvalue weighted by atomic mass is 10.1. The Kier molecular flexibility index (Phi) is 2.94. The predicted octanol–water partition coefficient (Wildman–Crippen LogP) is 4.65. The summed E-state index contributed by atoms with van der Waals surface area (Å²) in [6, 6.07) is 13.6. The fourth-order valence-electron chi connectivity index (χ4n) is 2.22. The second kappa shape index (κ2) is 4.95. The van der Waals surface area contributed by atoms with Gasteiger partial charge in [0.1, 0.15) is 10.2 Å². The Balaban J connectivity index is 1.96. The van der Waals surface area contributed by atoms with Gasteiger partial charge < -0.3 is 4.42 Å². The molecule has 5 heteroatoms. The van der Waals surface area contributed by atoms with Crippen molar-refractivity contribution in [2.45, 2.75) is 0 Å². The van der Waals surface area contributed by atoms with E-state index in [1.165, 1.54) is 22.7 Å². The Bertz CT molecular complexity index is 953. The van der Waals surface area contributed by atoms with E-state index in [2.05, 4.69) is 4.98 Å². The molecule has 21 heavy (non-hydrogen) atoms. The Labute approximate surface area is 128 Å². The average Bonchev–Trinajstić information content (AvgIpc) is 3.17. The minimum absolute atomic E-state index is 0.330. The van der Waals surface area contributed by atoms with Crippen LogP contribution in [0.4, 0.5) is 0 Å². The molecule has 4 aromatic rings. The standard InChI is InChI=1S/C16H9NO2S2/c18-16-13-11(10-5-2-1-3-6-10)9-21-15(13)17-14(19-16)12-7-4-8-20-12/h1-9H. The molecule has 0 radical (unpaired) electrons. The van der Waals surface area contributed by atoms with Crippen LogP contribution in [0.15, 0.2) is 62.4 Å². The molecular formula is C16H9NO2S2. The molecule has 0 aliphatic carbocycles. The largest absolute Gasteiger partial charge is 0.402 e. The minimum Gasteiger partial charge on any atom is -0.402 e. The molecule has 3 heterocycles. The van der Waals surface area contributed by atoms with E-state index >= 15 is 0 Å². The number of aromatic nitrogens is 1. The molecule has 0 unspecified atom stereocenters. The number of rotatable bonds is 2. The van der Waals surface area contributed by atoms with Crippen molar-refractivity contribution >= 4 is 32.9 Å². The van der Waals surface area contributed by atoms with Crippen LogP contribution in [-0.4, -0.2) is 4.98 Å². The predicted molar refractivity (Wildman–Crippen MR) is 86.9 cm³/mol. The first-order valence-corrected chi connectivity index (χ1v) is 8.10. The van der Waals surface area contributed by atoms with E-state index in [-0.39, 0.29) is 5.63 Å². The summed E-state index contributed by atoms with van der Waals surface area (Å²) in [7, 11) is 0. The van der Waals surface area contributed by atoms with E-state index in [1.807, 2.05) is 53.2 Å². The third-order valence-corrected chi connectivity index (χ3v) is 4.92. The van der Waals surface area contributed by atoms with Gasteiger partial charge in [0.25, 0.3) is 0 Å². The summed E-state index contributed by atoms with van der Waals surface area (Å²) >= 11 is 2.97. The number of hydrogen-bond donors (Lipinski definition) is 0. The van der Waals surface area contributed by atoms with Crippen LogP contribution >= 0.6 is 22.7 Å². The SMILES string of the molecule is O=c1oc(-c2cccs2)nc2scc(-c3ccccc3)c12. The number of fused-ring (bicyclic) bond motifs is 1. The fourth-order valence-corrected chi connectivity index (χ4v) is 3.80. The third-order valence-electron chi connectivity index (χ3n) is 3.18. The maximum absolute atomic E-state index is 12.4. The highest BCUT2D eigenvalue weighted by molar-refractivity contribution is 7.17. The van der Waals surface area contributed by atoms with Gasteiger partial charge in [0, 0.05) is 10.9 Å². The van der Waals surface area contributed by atoms with Crippen LogP contribution in [-0.2, 0) is 0 Å². The first-order valence-electron chi connectivity index (χ1n) is 6.34. The smallest absolute Gasteiger partial charge is 0.348 e. The zero-order valence-electron chi connectivity index (χ0n) is 10.8. The third kappa shape index (κ3) is 2.11. The summed E-state index contributed by atoms with van der Waals surface area (Å²) in [5.74, 6) is 0.393. The van der Waals surface area contributed by atoms with Gasteiger partial charge in [-0.3, -0.25) is 0 Å². The molecule has 1 aromatic carbocycles. The average molecular weight is 311 g/mol. The van der Waals surface area contributed by atoms with Gasteiger partial charge in [-0.2, -0.15) is 0 Å². The van der Waals surface area contributed by atoms with Crippen molar-refractivity contribution in [3.8, 4) is 21.9 Å². The number of benzene rings is 1. The Morgan fingerprint density at radius 2 is 1.86 bits per heavy atom. The normalized spacial score (nSPS) is 11.0. The number of thiophene rings is 2. The zero-order chi connectivity index (χ0) is 14.2. The van der Waals surface area contributed by atoms with Gasteiger partial charge in [-0.05, 0) is 17.0 Å². The molecule has 0 aliphatic rings. The molecule has 0 bridgehead atoms. The monoisotopic (exact) mass is 311 g/mol. The first-order chi connectivity index (χ1) is 10.3. The van der Waals surface area contributed by atoms with Crippen molar-refractivity contribution in [3.63, 3.8) is 0 Å². The van der Waals surface area contributed by atoms with Crippen LogP contribution in [0.25, 0.3) is 32.1 Å². The van der Waals surface area contributed by atoms with E-state index in [1.54, 1.807) is 0 Å². The van der Waals surface area contributed by atoms with Crippen LogP contribution in [0.1, 0.15) is 0 Å². The molecule has 0 atom stereocenters. The van der Waals surface area contributed by atoms with Gasteiger partial charge in [-0.25, -0.2) is 9.78 Å². The molecule has 0 saturated heterocycles. The van der Waals surface area contributed by atoms with Gasteiger partial charge in [-0.1, -0.05) is 36.4 Å². The lowest BCUT2D eigenvalue weighted by molar-refractivity contribution is 0.520. The summed E-state index contributed by atoms with van der Waals surface area (Å²) in [6.07, 6.45) is 0. The highest BCUT2D eigenvalue weighted by Gasteiger charge is 2.15. The van der Waals surface area contributed by atoms with Crippen molar-refractivity contribution in [2.24, 2.45) is 0 Å². The van der Waals surface area contributed by atoms with E-state index in [0.717, 1.165) is 16.0 Å². The molecule has 0 amide bonds. The molecule has 102 valence electrons. The van der Waals surface area contributed by atoms with Crippen LogP contribution in [0.3, 0.4) is 0 Å². The maximum Gasteiger partial charge on any atom is 0.348 e. The van der Waals surface area contributed by atoms with E-state index < -0.39 is 0 Å². The Morgan fingerprint density at radius 3 is 2.62 bits per heavy atom. The van der Waals surface area contributed by atoms with Crippen molar-refractivity contribution in [2.75, 3.05) is 0 Å².